The third kappa shape index (κ3) is 5.31. The van der Waals surface area contributed by atoms with Crippen LogP contribution >= 0.6 is 0 Å². The third-order valence-electron chi connectivity index (χ3n) is 4.79. The zero-order valence-corrected chi connectivity index (χ0v) is 16.4. The predicted octanol–water partition coefficient (Wildman–Crippen LogP) is -0.0247. The fourth-order valence-corrected chi connectivity index (χ4v) is 4.75. The van der Waals surface area contributed by atoms with Gasteiger partial charge in [0.15, 0.2) is 0 Å². The normalized spacial score (nSPS) is 22.3. The molecule has 0 N–H and O–H groups in total. The second-order valence-corrected chi connectivity index (χ2v) is 8.61. The fourth-order valence-electron chi connectivity index (χ4n) is 3.30. The van der Waals surface area contributed by atoms with Crippen molar-refractivity contribution in [3.63, 3.8) is 0 Å². The van der Waals surface area contributed by atoms with Crippen molar-refractivity contribution in [3.05, 3.63) is 0 Å². The number of carbonyl (C=O) groups excluding carboxylic acids is 2. The van der Waals surface area contributed by atoms with E-state index in [2.05, 4.69) is 0 Å². The molecule has 0 bridgehead atoms. The van der Waals surface area contributed by atoms with E-state index < -0.39 is 10.0 Å². The molecule has 0 spiro atoms. The van der Waals surface area contributed by atoms with Crippen molar-refractivity contribution in [1.82, 2.24) is 14.1 Å². The van der Waals surface area contributed by atoms with Crippen LogP contribution in [0.1, 0.15) is 19.8 Å². The molecule has 10 heteroatoms. The molecule has 2 rings (SSSR count). The number of carbonyl (C=O) groups is 2. The van der Waals surface area contributed by atoms with Crippen molar-refractivity contribution in [3.8, 4) is 0 Å². The summed E-state index contributed by atoms with van der Waals surface area (Å²) in [5.74, 6) is -0.418. The van der Waals surface area contributed by atoms with E-state index in [0.717, 1.165) is 0 Å². The first-order valence-corrected chi connectivity index (χ1v) is 10.7. The van der Waals surface area contributed by atoms with Gasteiger partial charge in [0.05, 0.1) is 24.9 Å². The van der Waals surface area contributed by atoms with E-state index in [4.69, 9.17) is 9.47 Å². The molecule has 1 atom stereocenters. The number of sulfonamides is 1. The number of amides is 2. The molecule has 0 saturated carbocycles. The summed E-state index contributed by atoms with van der Waals surface area (Å²) in [7, 11) is -1.93. The second-order valence-electron chi connectivity index (χ2n) is 6.52. The average molecular weight is 391 g/mol. The van der Waals surface area contributed by atoms with Gasteiger partial charge >= 0.3 is 6.09 Å². The monoisotopic (exact) mass is 391 g/mol. The van der Waals surface area contributed by atoms with Gasteiger partial charge in [0.2, 0.25) is 15.9 Å². The quantitative estimate of drug-likeness (QED) is 0.631. The standard InChI is InChI=1S/C16H29N3O6S/c1-3-25-16(21)18-9-7-17(8-10-18)15(20)14-5-4-6-19(13-14)26(22,23)12-11-24-2/h14H,3-13H2,1-2H3. The molecule has 2 saturated heterocycles. The zero-order chi connectivity index (χ0) is 19.2. The van der Waals surface area contributed by atoms with E-state index in [1.807, 2.05) is 0 Å². The number of ether oxygens (including phenoxy) is 2. The summed E-state index contributed by atoms with van der Waals surface area (Å²) >= 11 is 0. The van der Waals surface area contributed by atoms with Gasteiger partial charge in [-0.15, -0.1) is 0 Å². The molecule has 9 nitrogen and oxygen atoms in total. The fraction of sp³-hybridized carbons (Fsp3) is 0.875. The first-order valence-electron chi connectivity index (χ1n) is 9.06. The van der Waals surface area contributed by atoms with Crippen molar-refractivity contribution in [2.45, 2.75) is 19.8 Å². The first-order chi connectivity index (χ1) is 12.4. The molecule has 2 aliphatic rings. The SMILES string of the molecule is CCOC(=O)N1CCN(C(=O)C2CCCN(S(=O)(=O)CCOC)C2)CC1. The lowest BCUT2D eigenvalue weighted by Crippen LogP contribution is -2.54. The summed E-state index contributed by atoms with van der Waals surface area (Å²) < 4.78 is 35.9. The largest absolute Gasteiger partial charge is 0.450 e. The Labute approximate surface area is 155 Å². The van der Waals surface area contributed by atoms with Gasteiger partial charge in [-0.2, -0.15) is 0 Å². The molecule has 1 unspecified atom stereocenters. The minimum absolute atomic E-state index is 0.0276. The number of methoxy groups -OCH3 is 1. The van der Waals surface area contributed by atoms with E-state index in [0.29, 0.717) is 52.2 Å². The number of rotatable bonds is 6. The van der Waals surface area contributed by atoms with Crippen LogP contribution in [0.2, 0.25) is 0 Å². The van der Waals surface area contributed by atoms with Gasteiger partial charge in [0.25, 0.3) is 0 Å². The van der Waals surface area contributed by atoms with Gasteiger partial charge in [-0.3, -0.25) is 4.79 Å². The highest BCUT2D eigenvalue weighted by atomic mass is 32.2. The number of hydrogen-bond donors (Lipinski definition) is 0. The van der Waals surface area contributed by atoms with Crippen LogP contribution in [-0.2, 0) is 24.3 Å². The molecule has 0 aromatic rings. The Bertz CT molecular complexity index is 589. The van der Waals surface area contributed by atoms with Crippen molar-refractivity contribution in [2.24, 2.45) is 5.92 Å². The average Bonchev–Trinajstić information content (AvgIpc) is 2.66. The molecule has 2 heterocycles. The van der Waals surface area contributed by atoms with Crippen LogP contribution in [0, 0.1) is 5.92 Å². The van der Waals surface area contributed by atoms with Gasteiger partial charge in [-0.05, 0) is 19.8 Å². The summed E-state index contributed by atoms with van der Waals surface area (Å²) in [6.07, 6.45) is 1.01. The van der Waals surface area contributed by atoms with Crippen LogP contribution in [-0.4, -0.2) is 99.9 Å². The maximum atomic E-state index is 12.8. The topological polar surface area (TPSA) is 96.5 Å². The number of piperidine rings is 1. The summed E-state index contributed by atoms with van der Waals surface area (Å²) in [4.78, 5) is 27.8. The van der Waals surface area contributed by atoms with Crippen LogP contribution < -0.4 is 0 Å². The molecular formula is C16H29N3O6S. The Morgan fingerprint density at radius 3 is 2.35 bits per heavy atom. The third-order valence-corrected chi connectivity index (χ3v) is 6.59. The first kappa shape index (κ1) is 20.9. The van der Waals surface area contributed by atoms with Crippen molar-refractivity contribution < 1.29 is 27.5 Å². The lowest BCUT2D eigenvalue weighted by atomic mass is 9.98. The molecule has 0 radical (unpaired) electrons. The molecule has 2 aliphatic heterocycles. The number of hydrogen-bond acceptors (Lipinski definition) is 6. The smallest absolute Gasteiger partial charge is 0.409 e. The Morgan fingerprint density at radius 1 is 1.08 bits per heavy atom. The van der Waals surface area contributed by atoms with Gasteiger partial charge in [-0.25, -0.2) is 17.5 Å². The summed E-state index contributed by atoms with van der Waals surface area (Å²) in [6, 6.07) is 0. The van der Waals surface area contributed by atoms with E-state index in [9.17, 15) is 18.0 Å². The number of piperazine rings is 1. The molecule has 0 aromatic carbocycles. The zero-order valence-electron chi connectivity index (χ0n) is 15.6. The van der Waals surface area contributed by atoms with Crippen LogP contribution in [0.15, 0.2) is 0 Å². The van der Waals surface area contributed by atoms with Crippen LogP contribution in [0.25, 0.3) is 0 Å². The van der Waals surface area contributed by atoms with Crippen molar-refractivity contribution in [1.29, 1.82) is 0 Å². The van der Waals surface area contributed by atoms with Crippen molar-refractivity contribution in [2.75, 3.05) is 65.3 Å². The van der Waals surface area contributed by atoms with E-state index in [1.54, 1.807) is 16.7 Å². The lowest BCUT2D eigenvalue weighted by Gasteiger charge is -2.38. The molecule has 0 aliphatic carbocycles. The Hall–Kier alpha value is -1.39. The van der Waals surface area contributed by atoms with Crippen LogP contribution in [0.3, 0.4) is 0 Å². The van der Waals surface area contributed by atoms with Gasteiger partial charge < -0.3 is 19.3 Å². The predicted molar refractivity (Wildman–Crippen MR) is 95.1 cm³/mol. The maximum Gasteiger partial charge on any atom is 0.409 e. The van der Waals surface area contributed by atoms with Gasteiger partial charge in [0, 0.05) is 46.4 Å². The Balaban J connectivity index is 1.89. The highest BCUT2D eigenvalue weighted by Gasteiger charge is 2.35. The summed E-state index contributed by atoms with van der Waals surface area (Å²) in [5.41, 5.74) is 0. The molecule has 2 amide bonds. The van der Waals surface area contributed by atoms with Crippen molar-refractivity contribution >= 4 is 22.0 Å². The Morgan fingerprint density at radius 2 is 1.73 bits per heavy atom. The number of nitrogens with zero attached hydrogens (tertiary/aromatic N) is 3. The molecule has 26 heavy (non-hydrogen) atoms. The van der Waals surface area contributed by atoms with Crippen LogP contribution in [0.4, 0.5) is 4.79 Å². The molecule has 2 fully saturated rings. The second kappa shape index (κ2) is 9.52. The van der Waals surface area contributed by atoms with Crippen LogP contribution in [0.5, 0.6) is 0 Å². The minimum atomic E-state index is -3.40. The molecule has 0 aromatic heterocycles. The minimum Gasteiger partial charge on any atom is -0.450 e. The molecular weight excluding hydrogens is 362 g/mol. The van der Waals surface area contributed by atoms with Gasteiger partial charge in [0.1, 0.15) is 0 Å². The van der Waals surface area contributed by atoms with E-state index in [-0.39, 0.29) is 36.8 Å². The summed E-state index contributed by atoms with van der Waals surface area (Å²) in [6.45, 7) is 4.68. The maximum absolute atomic E-state index is 12.8. The summed E-state index contributed by atoms with van der Waals surface area (Å²) in [5, 5.41) is 0. The lowest BCUT2D eigenvalue weighted by molar-refractivity contribution is -0.138. The highest BCUT2D eigenvalue weighted by molar-refractivity contribution is 7.89. The molecule has 150 valence electrons. The Kier molecular flexibility index (Phi) is 7.66. The van der Waals surface area contributed by atoms with E-state index in [1.165, 1.54) is 11.4 Å². The van der Waals surface area contributed by atoms with Gasteiger partial charge in [-0.1, -0.05) is 0 Å². The van der Waals surface area contributed by atoms with E-state index >= 15 is 0 Å². The highest BCUT2D eigenvalue weighted by Crippen LogP contribution is 2.22.